The molecule has 0 fully saturated rings. The van der Waals surface area contributed by atoms with Gasteiger partial charge in [-0.05, 0) is 18.6 Å². The maximum Gasteiger partial charge on any atom is 0.317 e. The predicted octanol–water partition coefficient (Wildman–Crippen LogP) is 3.47. The zero-order chi connectivity index (χ0) is 13.9. The van der Waals surface area contributed by atoms with E-state index in [0.717, 1.165) is 16.9 Å². The van der Waals surface area contributed by atoms with Gasteiger partial charge in [0, 0.05) is 5.56 Å². The van der Waals surface area contributed by atoms with E-state index >= 15 is 0 Å². The van der Waals surface area contributed by atoms with Gasteiger partial charge in [0.05, 0.1) is 6.61 Å². The Balaban J connectivity index is 2.01. The second kappa shape index (κ2) is 5.37. The van der Waals surface area contributed by atoms with Crippen molar-refractivity contribution in [3.8, 4) is 5.75 Å². The Morgan fingerprint density at radius 2 is 1.80 bits per heavy atom. The first-order valence-corrected chi connectivity index (χ1v) is 6.78. The zero-order valence-corrected chi connectivity index (χ0v) is 11.3. The summed E-state index contributed by atoms with van der Waals surface area (Å²) in [7, 11) is 0. The number of esters is 1. The molecule has 2 atom stereocenters. The Bertz CT molecular complexity index is 607. The smallest absolute Gasteiger partial charge is 0.317 e. The SMILES string of the molecule is CCOC(=O)C1c2ccccc2OC1c1ccccc1. The lowest BCUT2D eigenvalue weighted by molar-refractivity contribution is -0.146. The first kappa shape index (κ1) is 12.7. The van der Waals surface area contributed by atoms with Crippen LogP contribution in [0.4, 0.5) is 0 Å². The van der Waals surface area contributed by atoms with E-state index < -0.39 is 5.92 Å². The third kappa shape index (κ3) is 2.16. The third-order valence-corrected chi connectivity index (χ3v) is 3.48. The lowest BCUT2D eigenvalue weighted by atomic mass is 9.91. The van der Waals surface area contributed by atoms with E-state index in [4.69, 9.17) is 9.47 Å². The first-order valence-electron chi connectivity index (χ1n) is 6.78. The fourth-order valence-corrected chi connectivity index (χ4v) is 2.60. The minimum absolute atomic E-state index is 0.230. The topological polar surface area (TPSA) is 35.5 Å². The van der Waals surface area contributed by atoms with Gasteiger partial charge in [0.1, 0.15) is 17.8 Å². The molecule has 0 spiro atoms. The normalized spacial score (nSPS) is 20.1. The van der Waals surface area contributed by atoms with E-state index in [-0.39, 0.29) is 12.1 Å². The fraction of sp³-hybridized carbons (Fsp3) is 0.235. The molecule has 0 saturated carbocycles. The van der Waals surface area contributed by atoms with Gasteiger partial charge in [-0.25, -0.2) is 0 Å². The molecule has 1 aliphatic heterocycles. The van der Waals surface area contributed by atoms with E-state index in [1.165, 1.54) is 0 Å². The van der Waals surface area contributed by atoms with Gasteiger partial charge in [-0.15, -0.1) is 0 Å². The summed E-state index contributed by atoms with van der Waals surface area (Å²) in [6.45, 7) is 2.19. The van der Waals surface area contributed by atoms with Crippen molar-refractivity contribution in [3.05, 3.63) is 65.7 Å². The Labute approximate surface area is 118 Å². The number of ether oxygens (including phenoxy) is 2. The Kier molecular flexibility index (Phi) is 3.42. The zero-order valence-electron chi connectivity index (χ0n) is 11.3. The molecular weight excluding hydrogens is 252 g/mol. The largest absolute Gasteiger partial charge is 0.484 e. The summed E-state index contributed by atoms with van der Waals surface area (Å²) < 4.78 is 11.2. The number of carbonyl (C=O) groups is 1. The van der Waals surface area contributed by atoms with Crippen molar-refractivity contribution in [2.24, 2.45) is 0 Å². The van der Waals surface area contributed by atoms with Crippen LogP contribution in [0.25, 0.3) is 0 Å². The number of rotatable bonds is 3. The summed E-state index contributed by atoms with van der Waals surface area (Å²) in [5, 5.41) is 0. The highest BCUT2D eigenvalue weighted by atomic mass is 16.5. The molecule has 1 heterocycles. The second-order valence-corrected chi connectivity index (χ2v) is 4.72. The number of fused-ring (bicyclic) bond motifs is 1. The highest BCUT2D eigenvalue weighted by Crippen LogP contribution is 2.46. The fourth-order valence-electron chi connectivity index (χ4n) is 2.60. The average molecular weight is 268 g/mol. The third-order valence-electron chi connectivity index (χ3n) is 3.48. The summed E-state index contributed by atoms with van der Waals surface area (Å²) >= 11 is 0. The maximum absolute atomic E-state index is 12.3. The molecule has 2 aromatic rings. The van der Waals surface area contributed by atoms with Crippen molar-refractivity contribution in [2.45, 2.75) is 18.9 Å². The lowest BCUT2D eigenvalue weighted by Gasteiger charge is -2.18. The average Bonchev–Trinajstić information content (AvgIpc) is 2.88. The summed E-state index contributed by atoms with van der Waals surface area (Å²) in [5.41, 5.74) is 1.89. The maximum atomic E-state index is 12.3. The van der Waals surface area contributed by atoms with E-state index in [1.807, 2.05) is 61.5 Å². The van der Waals surface area contributed by atoms with Gasteiger partial charge in [-0.2, -0.15) is 0 Å². The molecule has 0 aliphatic carbocycles. The van der Waals surface area contributed by atoms with Crippen LogP contribution < -0.4 is 4.74 Å². The predicted molar refractivity (Wildman–Crippen MR) is 75.6 cm³/mol. The molecule has 1 aliphatic rings. The van der Waals surface area contributed by atoms with Crippen LogP contribution in [-0.2, 0) is 9.53 Å². The van der Waals surface area contributed by atoms with Gasteiger partial charge in [-0.1, -0.05) is 48.5 Å². The van der Waals surface area contributed by atoms with Gasteiger partial charge in [0.25, 0.3) is 0 Å². The van der Waals surface area contributed by atoms with Crippen LogP contribution in [-0.4, -0.2) is 12.6 Å². The van der Waals surface area contributed by atoms with Crippen LogP contribution in [0.2, 0.25) is 0 Å². The van der Waals surface area contributed by atoms with Crippen molar-refractivity contribution in [1.29, 1.82) is 0 Å². The lowest BCUT2D eigenvalue weighted by Crippen LogP contribution is -2.21. The molecular formula is C17H16O3. The molecule has 0 amide bonds. The second-order valence-electron chi connectivity index (χ2n) is 4.72. The van der Waals surface area contributed by atoms with Crippen molar-refractivity contribution in [1.82, 2.24) is 0 Å². The molecule has 3 heteroatoms. The molecule has 2 aromatic carbocycles. The van der Waals surface area contributed by atoms with Crippen molar-refractivity contribution in [2.75, 3.05) is 6.61 Å². The van der Waals surface area contributed by atoms with E-state index in [9.17, 15) is 4.79 Å². The molecule has 3 rings (SSSR count). The molecule has 0 radical (unpaired) electrons. The van der Waals surface area contributed by atoms with E-state index in [1.54, 1.807) is 0 Å². The molecule has 0 bridgehead atoms. The van der Waals surface area contributed by atoms with Crippen LogP contribution in [0, 0.1) is 0 Å². The molecule has 20 heavy (non-hydrogen) atoms. The summed E-state index contributed by atoms with van der Waals surface area (Å²) in [5.74, 6) is 0.138. The molecule has 0 saturated heterocycles. The monoisotopic (exact) mass is 268 g/mol. The molecule has 0 aromatic heterocycles. The standard InChI is InChI=1S/C17H16O3/c1-2-19-17(18)15-13-10-6-7-11-14(13)20-16(15)12-8-4-3-5-9-12/h3-11,15-16H,2H2,1H3. The molecule has 3 nitrogen and oxygen atoms in total. The van der Waals surface area contributed by atoms with Crippen LogP contribution in [0.1, 0.15) is 30.1 Å². The quantitative estimate of drug-likeness (QED) is 0.800. The van der Waals surface area contributed by atoms with Gasteiger partial charge >= 0.3 is 5.97 Å². The van der Waals surface area contributed by atoms with E-state index in [0.29, 0.717) is 6.61 Å². The van der Waals surface area contributed by atoms with Crippen molar-refractivity contribution < 1.29 is 14.3 Å². The van der Waals surface area contributed by atoms with Crippen LogP contribution in [0.5, 0.6) is 5.75 Å². The summed E-state index contributed by atoms with van der Waals surface area (Å²) in [6, 6.07) is 17.4. The van der Waals surface area contributed by atoms with Crippen molar-refractivity contribution in [3.63, 3.8) is 0 Å². The summed E-state index contributed by atoms with van der Waals surface area (Å²) in [6.07, 6.45) is -0.312. The van der Waals surface area contributed by atoms with Crippen molar-refractivity contribution >= 4 is 5.97 Å². The van der Waals surface area contributed by atoms with Gasteiger partial charge in [0.15, 0.2) is 0 Å². The molecule has 0 N–H and O–H groups in total. The van der Waals surface area contributed by atoms with E-state index in [2.05, 4.69) is 0 Å². The Morgan fingerprint density at radius 3 is 2.55 bits per heavy atom. The first-order chi connectivity index (χ1) is 9.81. The van der Waals surface area contributed by atoms with Crippen LogP contribution in [0.15, 0.2) is 54.6 Å². The Hall–Kier alpha value is -2.29. The van der Waals surface area contributed by atoms with Gasteiger partial charge < -0.3 is 9.47 Å². The number of para-hydroxylation sites is 1. The minimum atomic E-state index is -0.395. The van der Waals surface area contributed by atoms with Crippen LogP contribution >= 0.6 is 0 Å². The minimum Gasteiger partial charge on any atom is -0.484 e. The summed E-state index contributed by atoms with van der Waals surface area (Å²) in [4.78, 5) is 12.3. The van der Waals surface area contributed by atoms with Gasteiger partial charge in [-0.3, -0.25) is 4.79 Å². The Morgan fingerprint density at radius 1 is 1.10 bits per heavy atom. The number of carbonyl (C=O) groups excluding carboxylic acids is 1. The highest BCUT2D eigenvalue weighted by Gasteiger charge is 2.41. The molecule has 102 valence electrons. The number of benzene rings is 2. The number of hydrogen-bond acceptors (Lipinski definition) is 3. The highest BCUT2D eigenvalue weighted by molar-refractivity contribution is 5.81. The number of hydrogen-bond donors (Lipinski definition) is 0. The molecule has 2 unspecified atom stereocenters. The van der Waals surface area contributed by atoms with Crippen LogP contribution in [0.3, 0.4) is 0 Å². The van der Waals surface area contributed by atoms with Gasteiger partial charge in [0.2, 0.25) is 0 Å².